The Labute approximate surface area is 98.2 Å². The normalized spacial score (nSPS) is 14.1. The minimum absolute atomic E-state index is 0.0263. The molecule has 0 aliphatic rings. The van der Waals surface area contributed by atoms with Crippen molar-refractivity contribution in [2.45, 2.75) is 63.6 Å². The van der Waals surface area contributed by atoms with E-state index in [0.717, 1.165) is 6.29 Å². The van der Waals surface area contributed by atoms with Crippen LogP contribution in [0, 0.1) is 0 Å². The van der Waals surface area contributed by atoms with E-state index in [9.17, 15) is 4.79 Å². The Hall–Kier alpha value is -0.0200. The molecule has 0 unspecified atom stereocenters. The van der Waals surface area contributed by atoms with Crippen molar-refractivity contribution in [1.82, 2.24) is 0 Å². The summed E-state index contributed by atoms with van der Waals surface area (Å²) < 4.78 is 5.83. The third-order valence-electron chi connectivity index (χ3n) is 1.66. The first-order valence-electron chi connectivity index (χ1n) is 5.28. The number of hydrogen-bond donors (Lipinski definition) is 0. The van der Waals surface area contributed by atoms with Crippen molar-refractivity contribution in [2.75, 3.05) is 6.61 Å². The summed E-state index contributed by atoms with van der Waals surface area (Å²) >= 11 is 1.87. The monoisotopic (exact) mass is 232 g/mol. The van der Waals surface area contributed by atoms with Gasteiger partial charge in [0.1, 0.15) is 5.60 Å². The van der Waals surface area contributed by atoms with Gasteiger partial charge < -0.3 is 9.53 Å². The molecule has 2 nitrogen and oxygen atoms in total. The van der Waals surface area contributed by atoms with Crippen molar-refractivity contribution in [1.29, 1.82) is 0 Å². The molecule has 0 rings (SSSR count). The van der Waals surface area contributed by atoms with Crippen LogP contribution in [0.1, 0.15) is 48.5 Å². The van der Waals surface area contributed by atoms with E-state index in [-0.39, 0.29) is 9.49 Å². The Bertz CT molecular complexity index is 214. The molecule has 0 aromatic carbocycles. The van der Waals surface area contributed by atoms with E-state index in [1.165, 1.54) is 0 Å². The summed E-state index contributed by atoms with van der Waals surface area (Å²) in [5.41, 5.74) is -0.671. The number of rotatable bonds is 5. The fraction of sp³-hybridized carbons (Fsp3) is 0.917. The first-order valence-corrected chi connectivity index (χ1v) is 6.10. The molecule has 15 heavy (non-hydrogen) atoms. The molecule has 0 radical (unpaired) electrons. The largest absolute Gasteiger partial charge is 0.367 e. The number of carbonyl (C=O) groups excluding carboxylic acids is 1. The van der Waals surface area contributed by atoms with Gasteiger partial charge in [-0.2, -0.15) is 0 Å². The molecule has 0 saturated heterocycles. The van der Waals surface area contributed by atoms with Gasteiger partial charge in [-0.1, -0.05) is 20.8 Å². The van der Waals surface area contributed by atoms with Crippen LogP contribution in [0.25, 0.3) is 0 Å². The van der Waals surface area contributed by atoms with Crippen LogP contribution in [0.4, 0.5) is 0 Å². The van der Waals surface area contributed by atoms with Gasteiger partial charge in [0.2, 0.25) is 0 Å². The molecule has 0 N–H and O–H groups in total. The van der Waals surface area contributed by atoms with Crippen LogP contribution in [-0.4, -0.2) is 28.0 Å². The minimum atomic E-state index is -0.671. The van der Waals surface area contributed by atoms with Crippen LogP contribution in [0.15, 0.2) is 0 Å². The lowest BCUT2D eigenvalue weighted by Crippen LogP contribution is -2.35. The van der Waals surface area contributed by atoms with Crippen LogP contribution in [0.2, 0.25) is 0 Å². The Morgan fingerprint density at radius 2 is 1.53 bits per heavy atom. The second kappa shape index (κ2) is 4.88. The summed E-state index contributed by atoms with van der Waals surface area (Å²) in [6, 6.07) is 0. The highest BCUT2D eigenvalue weighted by Crippen LogP contribution is 2.36. The summed E-state index contributed by atoms with van der Waals surface area (Å²) in [6.07, 6.45) is 0.852. The average Bonchev–Trinajstić information content (AvgIpc) is 1.97. The average molecular weight is 232 g/mol. The van der Waals surface area contributed by atoms with E-state index >= 15 is 0 Å². The van der Waals surface area contributed by atoms with Gasteiger partial charge in [0.25, 0.3) is 0 Å². The lowest BCUT2D eigenvalue weighted by Gasteiger charge is -2.33. The molecule has 0 amide bonds. The quantitative estimate of drug-likeness (QED) is 0.680. The Kier molecular flexibility index (Phi) is 4.87. The zero-order chi connectivity index (χ0) is 12.3. The van der Waals surface area contributed by atoms with Crippen LogP contribution in [0.5, 0.6) is 0 Å². The van der Waals surface area contributed by atoms with Gasteiger partial charge in [0, 0.05) is 9.49 Å². The number of carbonyl (C=O) groups is 1. The van der Waals surface area contributed by atoms with Crippen molar-refractivity contribution >= 4 is 18.0 Å². The van der Waals surface area contributed by atoms with Crippen LogP contribution >= 0.6 is 11.8 Å². The highest BCUT2D eigenvalue weighted by molar-refractivity contribution is 8.01. The molecule has 90 valence electrons. The van der Waals surface area contributed by atoms with Gasteiger partial charge in [-0.15, -0.1) is 11.8 Å². The first-order chi connectivity index (χ1) is 6.47. The highest BCUT2D eigenvalue weighted by Gasteiger charge is 2.29. The molecule has 0 aliphatic heterocycles. The summed E-state index contributed by atoms with van der Waals surface area (Å²) in [6.45, 7) is 15.0. The Morgan fingerprint density at radius 3 is 1.87 bits per heavy atom. The van der Waals surface area contributed by atoms with Gasteiger partial charge in [-0.25, -0.2) is 0 Å². The second-order valence-corrected chi connectivity index (χ2v) is 8.52. The summed E-state index contributed by atoms with van der Waals surface area (Å²) in [4.78, 5) is 10.7. The van der Waals surface area contributed by atoms with Crippen molar-refractivity contribution in [2.24, 2.45) is 0 Å². The molecule has 0 heterocycles. The highest BCUT2D eigenvalue weighted by atomic mass is 32.2. The van der Waals surface area contributed by atoms with Crippen LogP contribution in [0.3, 0.4) is 0 Å². The standard InChI is InChI=1S/C12H24O2S/c1-10(2,3)15-12(6,7)9-14-11(4,5)8-13/h8H,9H2,1-7H3. The summed E-state index contributed by atoms with van der Waals surface area (Å²) in [7, 11) is 0. The Morgan fingerprint density at radius 1 is 1.07 bits per heavy atom. The molecular weight excluding hydrogens is 208 g/mol. The lowest BCUT2D eigenvalue weighted by molar-refractivity contribution is -0.127. The maximum absolute atomic E-state index is 10.7. The zero-order valence-electron chi connectivity index (χ0n) is 11.0. The fourth-order valence-corrected chi connectivity index (χ4v) is 3.03. The van der Waals surface area contributed by atoms with E-state index < -0.39 is 5.60 Å². The van der Waals surface area contributed by atoms with Gasteiger partial charge in [0.05, 0.1) is 6.61 Å². The SMILES string of the molecule is CC(C)(C=O)OCC(C)(C)SC(C)(C)C. The molecular formula is C12H24O2S. The maximum Gasteiger partial charge on any atom is 0.151 e. The lowest BCUT2D eigenvalue weighted by atomic mass is 10.1. The molecule has 0 aromatic rings. The predicted octanol–water partition coefficient (Wildman–Crippen LogP) is 3.29. The van der Waals surface area contributed by atoms with Gasteiger partial charge in [-0.05, 0) is 27.7 Å². The molecule has 0 aliphatic carbocycles. The summed E-state index contributed by atoms with van der Waals surface area (Å²) in [5.74, 6) is 0. The van der Waals surface area contributed by atoms with Gasteiger partial charge in [-0.3, -0.25) is 0 Å². The molecule has 0 saturated carbocycles. The molecule has 0 aromatic heterocycles. The van der Waals surface area contributed by atoms with E-state index in [1.807, 2.05) is 11.8 Å². The summed E-state index contributed by atoms with van der Waals surface area (Å²) in [5, 5.41) is 0. The van der Waals surface area contributed by atoms with Crippen LogP contribution in [-0.2, 0) is 9.53 Å². The smallest absolute Gasteiger partial charge is 0.151 e. The number of ether oxygens (including phenoxy) is 1. The molecule has 3 heteroatoms. The molecule has 0 fully saturated rings. The second-order valence-electron chi connectivity index (χ2n) is 5.98. The Balaban J connectivity index is 4.22. The van der Waals surface area contributed by atoms with Gasteiger partial charge in [0.15, 0.2) is 6.29 Å². The third kappa shape index (κ3) is 7.86. The van der Waals surface area contributed by atoms with E-state index in [0.29, 0.717) is 6.61 Å². The number of thioether (sulfide) groups is 1. The van der Waals surface area contributed by atoms with E-state index in [2.05, 4.69) is 34.6 Å². The third-order valence-corrected chi connectivity index (χ3v) is 2.94. The molecule has 0 bridgehead atoms. The van der Waals surface area contributed by atoms with Crippen molar-refractivity contribution in [3.63, 3.8) is 0 Å². The molecule has 0 spiro atoms. The van der Waals surface area contributed by atoms with E-state index in [1.54, 1.807) is 13.8 Å². The number of aldehydes is 1. The van der Waals surface area contributed by atoms with Crippen molar-refractivity contribution < 1.29 is 9.53 Å². The fourth-order valence-electron chi connectivity index (χ4n) is 1.25. The topological polar surface area (TPSA) is 26.3 Å². The van der Waals surface area contributed by atoms with Crippen molar-refractivity contribution in [3.05, 3.63) is 0 Å². The zero-order valence-corrected chi connectivity index (χ0v) is 11.8. The van der Waals surface area contributed by atoms with Crippen LogP contribution < -0.4 is 0 Å². The maximum atomic E-state index is 10.7. The molecule has 0 atom stereocenters. The number of hydrogen-bond acceptors (Lipinski definition) is 3. The predicted molar refractivity (Wildman–Crippen MR) is 67.5 cm³/mol. The van der Waals surface area contributed by atoms with Crippen molar-refractivity contribution in [3.8, 4) is 0 Å². The minimum Gasteiger partial charge on any atom is -0.367 e. The first kappa shape index (κ1) is 15.0. The van der Waals surface area contributed by atoms with Gasteiger partial charge >= 0.3 is 0 Å². The van der Waals surface area contributed by atoms with E-state index in [4.69, 9.17) is 4.74 Å².